The molecular weight excluding hydrogens is 420 g/mol. The van der Waals surface area contributed by atoms with Gasteiger partial charge in [-0.1, -0.05) is 30.3 Å². The first-order valence-corrected chi connectivity index (χ1v) is 10.3. The number of hydrogen-bond donors (Lipinski definition) is 3. The van der Waals surface area contributed by atoms with Gasteiger partial charge in [0, 0.05) is 12.6 Å². The summed E-state index contributed by atoms with van der Waals surface area (Å²) < 4.78 is 27.2. The van der Waals surface area contributed by atoms with Crippen LogP contribution in [-0.4, -0.2) is 46.4 Å². The van der Waals surface area contributed by atoms with Crippen molar-refractivity contribution < 1.29 is 28.3 Å². The molecule has 1 fully saturated rings. The number of nitrogens with zero attached hydrogens (tertiary/aromatic N) is 1. The van der Waals surface area contributed by atoms with Gasteiger partial charge < -0.3 is 16.2 Å². The fourth-order valence-electron chi connectivity index (χ4n) is 3.87. The van der Waals surface area contributed by atoms with Crippen LogP contribution in [0.5, 0.6) is 0 Å². The van der Waals surface area contributed by atoms with E-state index < -0.39 is 47.5 Å². The molecule has 3 rings (SSSR count). The van der Waals surface area contributed by atoms with E-state index in [9.17, 15) is 28.3 Å². The zero-order valence-corrected chi connectivity index (χ0v) is 17.5. The molecule has 32 heavy (non-hydrogen) atoms. The summed E-state index contributed by atoms with van der Waals surface area (Å²) >= 11 is 0. The molecule has 0 aromatic heterocycles. The Labute approximate surface area is 184 Å². The molecule has 0 unspecified atom stereocenters. The van der Waals surface area contributed by atoms with E-state index in [2.05, 4.69) is 5.32 Å². The molecule has 4 N–H and O–H groups in total. The average Bonchev–Trinajstić information content (AvgIpc) is 2.95. The molecular formula is C23H25F2N3O4. The van der Waals surface area contributed by atoms with Gasteiger partial charge in [-0.25, -0.2) is 8.78 Å². The van der Waals surface area contributed by atoms with E-state index in [1.807, 2.05) is 30.3 Å². The Bertz CT molecular complexity index is 980. The van der Waals surface area contributed by atoms with Crippen LogP contribution in [0.25, 0.3) is 0 Å². The first-order chi connectivity index (χ1) is 15.2. The maximum Gasteiger partial charge on any atom is 0.263 e. The molecule has 2 aromatic rings. The molecule has 9 heteroatoms. The highest BCUT2D eigenvalue weighted by atomic mass is 19.1. The first kappa shape index (κ1) is 23.5. The lowest BCUT2D eigenvalue weighted by Crippen LogP contribution is -2.56. The molecule has 0 bridgehead atoms. The molecule has 3 amide bonds. The Balaban J connectivity index is 1.98. The second kappa shape index (κ2) is 9.97. The number of hydrogen-bond acceptors (Lipinski definition) is 5. The predicted octanol–water partition coefficient (Wildman–Crippen LogP) is 1.76. The topological polar surface area (TPSA) is 113 Å². The number of amides is 3. The zero-order chi connectivity index (χ0) is 23.4. The molecule has 170 valence electrons. The van der Waals surface area contributed by atoms with E-state index in [0.717, 1.165) is 17.7 Å². The number of carbonyl (C=O) groups excluding carboxylic acids is 3. The lowest BCUT2D eigenvalue weighted by atomic mass is 9.89. The number of benzene rings is 2. The highest BCUT2D eigenvalue weighted by Crippen LogP contribution is 2.30. The Morgan fingerprint density at radius 3 is 2.34 bits per heavy atom. The summed E-state index contributed by atoms with van der Waals surface area (Å²) in [5, 5.41) is 13.3. The van der Waals surface area contributed by atoms with E-state index in [4.69, 9.17) is 5.73 Å². The molecule has 1 aliphatic rings. The number of halogens is 2. The molecule has 1 saturated heterocycles. The number of nitrogens with two attached hydrogens (primary N) is 1. The molecule has 1 aliphatic heterocycles. The van der Waals surface area contributed by atoms with Gasteiger partial charge in [-0.2, -0.15) is 0 Å². The van der Waals surface area contributed by atoms with E-state index in [-0.39, 0.29) is 17.9 Å². The van der Waals surface area contributed by atoms with Crippen molar-refractivity contribution in [2.45, 2.75) is 43.9 Å². The van der Waals surface area contributed by atoms with Gasteiger partial charge in [-0.05, 0) is 48.9 Å². The van der Waals surface area contributed by atoms with Gasteiger partial charge in [-0.15, -0.1) is 0 Å². The third-order valence-corrected chi connectivity index (χ3v) is 5.48. The van der Waals surface area contributed by atoms with Crippen molar-refractivity contribution >= 4 is 17.7 Å². The number of aliphatic hydroxyl groups is 1. The van der Waals surface area contributed by atoms with Gasteiger partial charge in [0.05, 0.1) is 6.04 Å². The van der Waals surface area contributed by atoms with E-state index in [0.29, 0.717) is 23.9 Å². The second-order valence-corrected chi connectivity index (χ2v) is 7.88. The Kier molecular flexibility index (Phi) is 7.32. The molecule has 0 aliphatic carbocycles. The largest absolute Gasteiger partial charge is 0.378 e. The molecule has 7 nitrogen and oxygen atoms in total. The number of carbonyl (C=O) groups is 3. The van der Waals surface area contributed by atoms with Crippen molar-refractivity contribution in [1.82, 2.24) is 10.2 Å². The molecule has 4 atom stereocenters. The van der Waals surface area contributed by atoms with Crippen LogP contribution in [0, 0.1) is 11.6 Å². The van der Waals surface area contributed by atoms with Gasteiger partial charge in [0.25, 0.3) is 5.91 Å². The second-order valence-electron chi connectivity index (χ2n) is 7.88. The smallest absolute Gasteiger partial charge is 0.263 e. The zero-order valence-electron chi connectivity index (χ0n) is 17.5. The quantitative estimate of drug-likeness (QED) is 0.649. The van der Waals surface area contributed by atoms with Crippen molar-refractivity contribution in [3.8, 4) is 0 Å². The number of nitrogens with one attached hydrogen (secondary N) is 1. The van der Waals surface area contributed by atoms with Gasteiger partial charge >= 0.3 is 0 Å². The molecule has 0 saturated carbocycles. The summed E-state index contributed by atoms with van der Waals surface area (Å²) in [7, 11) is 0. The SMILES string of the molecule is C[C@H](N)C(=O)N(C(=O)[C@@H](O)c1cc(F)cc(F)c1)[C@H]1C[C@H](c2ccccc2)CCNC1=O. The minimum Gasteiger partial charge on any atom is -0.378 e. The predicted molar refractivity (Wildman–Crippen MR) is 112 cm³/mol. The van der Waals surface area contributed by atoms with Crippen LogP contribution in [0.3, 0.4) is 0 Å². The van der Waals surface area contributed by atoms with Crippen molar-refractivity contribution in [3.63, 3.8) is 0 Å². The van der Waals surface area contributed by atoms with E-state index in [1.54, 1.807) is 0 Å². The summed E-state index contributed by atoms with van der Waals surface area (Å²) in [5.74, 6) is -4.75. The fraction of sp³-hybridized carbons (Fsp3) is 0.348. The normalized spacial score (nSPS) is 20.6. The van der Waals surface area contributed by atoms with Crippen molar-refractivity contribution in [1.29, 1.82) is 0 Å². The van der Waals surface area contributed by atoms with Gasteiger partial charge in [0.1, 0.15) is 17.7 Å². The summed E-state index contributed by atoms with van der Waals surface area (Å²) in [6, 6.07) is 9.11. The maximum atomic E-state index is 13.6. The summed E-state index contributed by atoms with van der Waals surface area (Å²) in [5.41, 5.74) is 6.28. The molecule has 0 spiro atoms. The minimum atomic E-state index is -2.06. The number of aliphatic hydroxyl groups excluding tert-OH is 1. The monoisotopic (exact) mass is 445 g/mol. The van der Waals surface area contributed by atoms with Gasteiger partial charge in [-0.3, -0.25) is 19.3 Å². The van der Waals surface area contributed by atoms with Crippen LogP contribution in [0.15, 0.2) is 48.5 Å². The van der Waals surface area contributed by atoms with Crippen molar-refractivity contribution in [2.75, 3.05) is 6.54 Å². The van der Waals surface area contributed by atoms with Gasteiger partial charge in [0.15, 0.2) is 6.10 Å². The van der Waals surface area contributed by atoms with Crippen LogP contribution in [-0.2, 0) is 14.4 Å². The molecule has 2 aromatic carbocycles. The van der Waals surface area contributed by atoms with Crippen molar-refractivity contribution in [3.05, 3.63) is 71.3 Å². The van der Waals surface area contributed by atoms with Gasteiger partial charge in [0.2, 0.25) is 11.8 Å². The summed E-state index contributed by atoms with van der Waals surface area (Å²) in [6.45, 7) is 1.68. The fourth-order valence-corrected chi connectivity index (χ4v) is 3.87. The Morgan fingerprint density at radius 1 is 1.12 bits per heavy atom. The number of rotatable bonds is 5. The lowest BCUT2D eigenvalue weighted by Gasteiger charge is -2.32. The third kappa shape index (κ3) is 5.17. The Morgan fingerprint density at radius 2 is 1.75 bits per heavy atom. The van der Waals surface area contributed by atoms with Crippen LogP contribution in [0.2, 0.25) is 0 Å². The number of imide groups is 1. The molecule has 0 radical (unpaired) electrons. The molecule has 1 heterocycles. The van der Waals surface area contributed by atoms with Crippen LogP contribution < -0.4 is 11.1 Å². The highest BCUT2D eigenvalue weighted by molar-refractivity contribution is 6.03. The highest BCUT2D eigenvalue weighted by Gasteiger charge is 2.41. The third-order valence-electron chi connectivity index (χ3n) is 5.48. The summed E-state index contributed by atoms with van der Waals surface area (Å²) in [4.78, 5) is 39.5. The van der Waals surface area contributed by atoms with Crippen LogP contribution in [0.1, 0.15) is 42.9 Å². The Hall–Kier alpha value is -3.17. The first-order valence-electron chi connectivity index (χ1n) is 10.3. The van der Waals surface area contributed by atoms with Crippen LogP contribution >= 0.6 is 0 Å². The maximum absolute atomic E-state index is 13.6. The van der Waals surface area contributed by atoms with E-state index in [1.165, 1.54) is 6.92 Å². The van der Waals surface area contributed by atoms with Crippen LogP contribution in [0.4, 0.5) is 8.78 Å². The van der Waals surface area contributed by atoms with E-state index >= 15 is 0 Å². The summed E-state index contributed by atoms with van der Waals surface area (Å²) in [6.07, 6.45) is -1.36. The minimum absolute atomic E-state index is 0.115. The standard InChI is InChI=1S/C23H25F2N3O4/c1-13(26)22(31)28(23(32)20(29)16-9-17(24)12-18(25)10-16)19-11-15(7-8-27-21(19)30)14-5-3-2-4-6-14/h2-6,9-10,12-13,15,19-20,29H,7-8,11,26H2,1H3,(H,27,30)/t13-,15+,19-,20-/m0/s1. The lowest BCUT2D eigenvalue weighted by molar-refractivity contribution is -0.158. The van der Waals surface area contributed by atoms with Crippen molar-refractivity contribution in [2.24, 2.45) is 5.73 Å². The average molecular weight is 445 g/mol.